The van der Waals surface area contributed by atoms with Crippen LogP contribution in [-0.2, 0) is 4.74 Å². The van der Waals surface area contributed by atoms with Crippen molar-refractivity contribution >= 4 is 23.4 Å². The molecular formula is C13H18ClN3O5. The lowest BCUT2D eigenvalue weighted by atomic mass is 10.2. The van der Waals surface area contributed by atoms with Crippen molar-refractivity contribution < 1.29 is 19.2 Å². The van der Waals surface area contributed by atoms with Gasteiger partial charge in [0.15, 0.2) is 0 Å². The van der Waals surface area contributed by atoms with E-state index in [1.165, 1.54) is 6.20 Å². The summed E-state index contributed by atoms with van der Waals surface area (Å²) in [5.41, 5.74) is -0.946. The third kappa shape index (κ3) is 6.13. The smallest absolute Gasteiger partial charge is 0.407 e. The van der Waals surface area contributed by atoms with Crippen molar-refractivity contribution in [2.45, 2.75) is 39.3 Å². The summed E-state index contributed by atoms with van der Waals surface area (Å²) in [6.45, 7) is 6.90. The number of hydrogen-bond donors (Lipinski definition) is 1. The van der Waals surface area contributed by atoms with Crippen LogP contribution < -0.4 is 10.1 Å². The molecule has 0 radical (unpaired) electrons. The fourth-order valence-electron chi connectivity index (χ4n) is 1.41. The summed E-state index contributed by atoms with van der Waals surface area (Å²) in [5.74, 6) is -0.160. The SMILES string of the molecule is CC(COc1ncc(Cl)cc1[N+](=O)[O-])NC(=O)OC(C)(C)C. The van der Waals surface area contributed by atoms with Crippen LogP contribution in [0.5, 0.6) is 5.88 Å². The zero-order valence-corrected chi connectivity index (χ0v) is 13.5. The predicted molar refractivity (Wildman–Crippen MR) is 80.2 cm³/mol. The van der Waals surface area contributed by atoms with Crippen LogP contribution in [-0.4, -0.2) is 34.3 Å². The summed E-state index contributed by atoms with van der Waals surface area (Å²) in [4.78, 5) is 25.6. The molecule has 1 aromatic heterocycles. The van der Waals surface area contributed by atoms with Crippen LogP contribution in [0.3, 0.4) is 0 Å². The molecule has 1 aromatic rings. The van der Waals surface area contributed by atoms with Crippen molar-refractivity contribution in [2.24, 2.45) is 0 Å². The number of rotatable bonds is 5. The van der Waals surface area contributed by atoms with Gasteiger partial charge in [-0.2, -0.15) is 0 Å². The second kappa shape index (κ2) is 7.26. The van der Waals surface area contributed by atoms with Gasteiger partial charge >= 0.3 is 11.8 Å². The third-order valence-electron chi connectivity index (χ3n) is 2.23. The van der Waals surface area contributed by atoms with Crippen LogP contribution in [0.1, 0.15) is 27.7 Å². The van der Waals surface area contributed by atoms with Crippen LogP contribution >= 0.6 is 11.6 Å². The molecule has 0 saturated heterocycles. The predicted octanol–water partition coefficient (Wildman–Crippen LogP) is 2.94. The molecule has 1 N–H and O–H groups in total. The Balaban J connectivity index is 2.59. The standard InChI is InChI=1S/C13H18ClN3O5/c1-8(16-12(18)22-13(2,3)4)7-21-11-10(17(19)20)5-9(14)6-15-11/h5-6,8H,7H2,1-4H3,(H,16,18). The van der Waals surface area contributed by atoms with E-state index in [0.717, 1.165) is 6.07 Å². The Morgan fingerprint density at radius 1 is 1.55 bits per heavy atom. The lowest BCUT2D eigenvalue weighted by Gasteiger charge is -2.21. The van der Waals surface area contributed by atoms with Crippen LogP contribution in [0.4, 0.5) is 10.5 Å². The molecule has 1 atom stereocenters. The first-order chi connectivity index (χ1) is 10.1. The van der Waals surface area contributed by atoms with E-state index < -0.39 is 22.7 Å². The van der Waals surface area contributed by atoms with E-state index in [9.17, 15) is 14.9 Å². The first-order valence-corrected chi connectivity index (χ1v) is 6.88. The molecule has 8 nitrogen and oxygen atoms in total. The fraction of sp³-hybridized carbons (Fsp3) is 0.538. The lowest BCUT2D eigenvalue weighted by molar-refractivity contribution is -0.386. The molecule has 0 aliphatic carbocycles. The number of ether oxygens (including phenoxy) is 2. The first-order valence-electron chi connectivity index (χ1n) is 6.51. The minimum Gasteiger partial charge on any atom is -0.471 e. The van der Waals surface area contributed by atoms with Gasteiger partial charge in [0, 0.05) is 6.07 Å². The number of nitro groups is 1. The zero-order valence-electron chi connectivity index (χ0n) is 12.8. The molecule has 1 amide bonds. The van der Waals surface area contributed by atoms with Gasteiger partial charge in [0.25, 0.3) is 5.88 Å². The molecule has 9 heteroatoms. The highest BCUT2D eigenvalue weighted by Gasteiger charge is 2.20. The van der Waals surface area contributed by atoms with Gasteiger partial charge < -0.3 is 14.8 Å². The van der Waals surface area contributed by atoms with Crippen LogP contribution in [0, 0.1) is 10.1 Å². The molecule has 0 bridgehead atoms. The molecule has 0 spiro atoms. The molecule has 0 aromatic carbocycles. The highest BCUT2D eigenvalue weighted by molar-refractivity contribution is 6.30. The van der Waals surface area contributed by atoms with Crippen molar-refractivity contribution in [3.63, 3.8) is 0 Å². The number of aromatic nitrogens is 1. The number of halogens is 1. The number of nitrogens with zero attached hydrogens (tertiary/aromatic N) is 2. The number of carbonyl (C=O) groups is 1. The normalized spacial score (nSPS) is 12.4. The van der Waals surface area contributed by atoms with E-state index in [1.807, 2.05) is 0 Å². The summed E-state index contributed by atoms with van der Waals surface area (Å²) in [7, 11) is 0. The summed E-state index contributed by atoms with van der Waals surface area (Å²) in [5, 5.41) is 13.6. The fourth-order valence-corrected chi connectivity index (χ4v) is 1.56. The van der Waals surface area contributed by atoms with Gasteiger partial charge in [-0.15, -0.1) is 0 Å². The van der Waals surface area contributed by atoms with Crippen molar-refractivity contribution in [3.8, 4) is 5.88 Å². The summed E-state index contributed by atoms with van der Waals surface area (Å²) in [6.07, 6.45) is 0.651. The number of nitrogens with one attached hydrogen (secondary N) is 1. The average Bonchev–Trinajstić information content (AvgIpc) is 2.34. The number of carbonyl (C=O) groups excluding carboxylic acids is 1. The maximum Gasteiger partial charge on any atom is 0.407 e. The van der Waals surface area contributed by atoms with Gasteiger partial charge in [-0.1, -0.05) is 11.6 Å². The maximum absolute atomic E-state index is 11.6. The van der Waals surface area contributed by atoms with E-state index in [0.29, 0.717) is 0 Å². The summed E-state index contributed by atoms with van der Waals surface area (Å²) >= 11 is 5.66. The van der Waals surface area contributed by atoms with E-state index in [-0.39, 0.29) is 23.2 Å². The topological polar surface area (TPSA) is 104 Å². The maximum atomic E-state index is 11.6. The largest absolute Gasteiger partial charge is 0.471 e. The molecular weight excluding hydrogens is 314 g/mol. The van der Waals surface area contributed by atoms with E-state index in [4.69, 9.17) is 21.1 Å². The van der Waals surface area contributed by atoms with Crippen LogP contribution in [0.15, 0.2) is 12.3 Å². The molecule has 0 fully saturated rings. The van der Waals surface area contributed by atoms with Crippen LogP contribution in [0.2, 0.25) is 5.02 Å². The van der Waals surface area contributed by atoms with E-state index in [2.05, 4.69) is 10.3 Å². The number of amides is 1. The molecule has 1 rings (SSSR count). The van der Waals surface area contributed by atoms with Crippen molar-refractivity contribution in [1.29, 1.82) is 0 Å². The second-order valence-electron chi connectivity index (χ2n) is 5.59. The monoisotopic (exact) mass is 331 g/mol. The van der Waals surface area contributed by atoms with Crippen molar-refractivity contribution in [1.82, 2.24) is 10.3 Å². The number of pyridine rings is 1. The Morgan fingerprint density at radius 3 is 2.73 bits per heavy atom. The molecule has 22 heavy (non-hydrogen) atoms. The average molecular weight is 332 g/mol. The van der Waals surface area contributed by atoms with Gasteiger partial charge in [0.1, 0.15) is 12.2 Å². The Morgan fingerprint density at radius 2 is 2.18 bits per heavy atom. The molecule has 0 aliphatic rings. The van der Waals surface area contributed by atoms with Crippen molar-refractivity contribution in [2.75, 3.05) is 6.61 Å². The van der Waals surface area contributed by atoms with Gasteiger partial charge in [-0.25, -0.2) is 9.78 Å². The zero-order chi connectivity index (χ0) is 16.9. The Bertz CT molecular complexity index is 559. The molecule has 122 valence electrons. The van der Waals surface area contributed by atoms with Crippen molar-refractivity contribution in [3.05, 3.63) is 27.4 Å². The number of hydrogen-bond acceptors (Lipinski definition) is 6. The lowest BCUT2D eigenvalue weighted by Crippen LogP contribution is -2.40. The molecule has 0 saturated carbocycles. The molecule has 1 heterocycles. The molecule has 1 unspecified atom stereocenters. The Labute approximate surface area is 132 Å². The minimum absolute atomic E-state index is 0.00524. The Hall–Kier alpha value is -2.09. The van der Waals surface area contributed by atoms with E-state index >= 15 is 0 Å². The van der Waals surface area contributed by atoms with E-state index in [1.54, 1.807) is 27.7 Å². The van der Waals surface area contributed by atoms with Gasteiger partial charge in [-0.3, -0.25) is 10.1 Å². The van der Waals surface area contributed by atoms with Crippen LogP contribution in [0.25, 0.3) is 0 Å². The van der Waals surface area contributed by atoms with Gasteiger partial charge in [0.2, 0.25) is 0 Å². The second-order valence-corrected chi connectivity index (χ2v) is 6.03. The highest BCUT2D eigenvalue weighted by atomic mass is 35.5. The third-order valence-corrected chi connectivity index (χ3v) is 2.44. The highest BCUT2D eigenvalue weighted by Crippen LogP contribution is 2.27. The van der Waals surface area contributed by atoms with Gasteiger partial charge in [-0.05, 0) is 27.7 Å². The molecule has 0 aliphatic heterocycles. The Kier molecular flexibility index (Phi) is 5.92. The first kappa shape index (κ1) is 18.0. The minimum atomic E-state index is -0.639. The quantitative estimate of drug-likeness (QED) is 0.657. The van der Waals surface area contributed by atoms with Gasteiger partial charge in [0.05, 0.1) is 22.2 Å². The number of alkyl carbamates (subject to hydrolysis) is 1. The summed E-state index contributed by atoms with van der Waals surface area (Å²) < 4.78 is 10.4. The summed E-state index contributed by atoms with van der Waals surface area (Å²) in [6, 6.07) is 0.725.